The molecule has 6 heteroatoms. The second-order valence-electron chi connectivity index (χ2n) is 5.88. The summed E-state index contributed by atoms with van der Waals surface area (Å²) in [5, 5.41) is 3.51. The van der Waals surface area contributed by atoms with Crippen molar-refractivity contribution >= 4 is 21.6 Å². The molecule has 0 amide bonds. The molecule has 4 nitrogen and oxygen atoms in total. The average Bonchev–Trinajstić information content (AvgIpc) is 2.36. The Morgan fingerprint density at radius 1 is 1.19 bits per heavy atom. The van der Waals surface area contributed by atoms with Crippen LogP contribution in [0.5, 0.6) is 0 Å². The number of hydrogen-bond acceptors (Lipinski definition) is 3. The summed E-state index contributed by atoms with van der Waals surface area (Å²) in [7, 11) is -3.56. The molecule has 120 valence electrons. The molecule has 1 aromatic carbocycles. The molecule has 1 aromatic rings. The molecule has 0 radical (unpaired) electrons. The van der Waals surface area contributed by atoms with Crippen LogP contribution < -0.4 is 10.0 Å². The number of halogens is 1. The summed E-state index contributed by atoms with van der Waals surface area (Å²) in [6.45, 7) is 9.23. The Bertz CT molecular complexity index is 557. The maximum atomic E-state index is 12.3. The maximum Gasteiger partial charge on any atom is 0.242 e. The molecule has 0 aliphatic heterocycles. The molecule has 0 atom stereocenters. The van der Waals surface area contributed by atoms with Crippen LogP contribution >= 0.6 is 11.6 Å². The highest BCUT2D eigenvalue weighted by Crippen LogP contribution is 2.22. The fraction of sp³-hybridized carbons (Fsp3) is 0.600. The second-order valence-corrected chi connectivity index (χ2v) is 8.02. The standard InChI is InChI=1S/C15H25ClN2O2S/c1-11(2)7-8-18-21(19,20)15-9-13(5-6-14(15)16)10-17-12(3)4/h5-6,9,11-12,17-18H,7-8,10H2,1-4H3. The third-order valence-electron chi connectivity index (χ3n) is 3.01. The van der Waals surface area contributed by atoms with Crippen LogP contribution in [0.1, 0.15) is 39.7 Å². The minimum absolute atomic E-state index is 0.149. The van der Waals surface area contributed by atoms with E-state index in [1.807, 2.05) is 19.9 Å². The van der Waals surface area contributed by atoms with Gasteiger partial charge < -0.3 is 5.32 Å². The molecule has 21 heavy (non-hydrogen) atoms. The van der Waals surface area contributed by atoms with Crippen molar-refractivity contribution in [1.82, 2.24) is 10.0 Å². The Morgan fingerprint density at radius 3 is 2.43 bits per heavy atom. The lowest BCUT2D eigenvalue weighted by Crippen LogP contribution is -2.26. The Morgan fingerprint density at radius 2 is 1.86 bits per heavy atom. The highest BCUT2D eigenvalue weighted by Gasteiger charge is 2.18. The van der Waals surface area contributed by atoms with Gasteiger partial charge in [0.25, 0.3) is 0 Å². The van der Waals surface area contributed by atoms with Crippen molar-refractivity contribution in [3.05, 3.63) is 28.8 Å². The van der Waals surface area contributed by atoms with Gasteiger partial charge in [0.15, 0.2) is 0 Å². The summed E-state index contributed by atoms with van der Waals surface area (Å²) < 4.78 is 27.2. The number of rotatable bonds is 8. The third kappa shape index (κ3) is 6.34. The predicted octanol–water partition coefficient (Wildman–Crippen LogP) is 3.16. The van der Waals surface area contributed by atoms with Crippen molar-refractivity contribution in [2.24, 2.45) is 5.92 Å². The van der Waals surface area contributed by atoms with Crippen LogP contribution in [0.25, 0.3) is 0 Å². The lowest BCUT2D eigenvalue weighted by atomic mass is 10.1. The first-order valence-electron chi connectivity index (χ1n) is 7.24. The highest BCUT2D eigenvalue weighted by molar-refractivity contribution is 7.89. The fourth-order valence-corrected chi connectivity index (χ4v) is 3.34. The van der Waals surface area contributed by atoms with Crippen molar-refractivity contribution in [2.45, 2.75) is 51.6 Å². The summed E-state index contributed by atoms with van der Waals surface area (Å²) in [5.41, 5.74) is 0.900. The van der Waals surface area contributed by atoms with Crippen molar-refractivity contribution in [1.29, 1.82) is 0 Å². The zero-order valence-corrected chi connectivity index (χ0v) is 14.7. The van der Waals surface area contributed by atoms with Crippen molar-refractivity contribution in [2.75, 3.05) is 6.54 Å². The molecule has 0 aromatic heterocycles. The average molecular weight is 333 g/mol. The van der Waals surface area contributed by atoms with Crippen molar-refractivity contribution in [3.63, 3.8) is 0 Å². The Kier molecular flexibility index (Phi) is 7.13. The molecule has 0 spiro atoms. The van der Waals surface area contributed by atoms with E-state index in [2.05, 4.69) is 23.9 Å². The van der Waals surface area contributed by atoms with E-state index >= 15 is 0 Å². The Labute approximate surface area is 133 Å². The summed E-state index contributed by atoms with van der Waals surface area (Å²) in [6, 6.07) is 5.45. The van der Waals surface area contributed by atoms with Crippen LogP contribution in [0.4, 0.5) is 0 Å². The van der Waals surface area contributed by atoms with Crippen LogP contribution in [-0.4, -0.2) is 21.0 Å². The molecule has 0 aliphatic carbocycles. The first kappa shape index (κ1) is 18.4. The van der Waals surface area contributed by atoms with Crippen LogP contribution in [0.15, 0.2) is 23.1 Å². The van der Waals surface area contributed by atoms with E-state index in [-0.39, 0.29) is 9.92 Å². The normalized spacial score (nSPS) is 12.3. The van der Waals surface area contributed by atoms with Gasteiger partial charge in [-0.2, -0.15) is 0 Å². The number of hydrogen-bond donors (Lipinski definition) is 2. The maximum absolute atomic E-state index is 12.3. The number of benzene rings is 1. The van der Waals surface area contributed by atoms with Gasteiger partial charge in [-0.15, -0.1) is 0 Å². The van der Waals surface area contributed by atoms with Gasteiger partial charge in [-0.05, 0) is 30.0 Å². The van der Waals surface area contributed by atoms with E-state index in [0.29, 0.717) is 25.0 Å². The molecule has 2 N–H and O–H groups in total. The molecule has 0 unspecified atom stereocenters. The van der Waals surface area contributed by atoms with E-state index in [9.17, 15) is 8.42 Å². The van der Waals surface area contributed by atoms with Gasteiger partial charge in [0.2, 0.25) is 10.0 Å². The summed E-state index contributed by atoms with van der Waals surface area (Å²) >= 11 is 6.05. The predicted molar refractivity (Wildman–Crippen MR) is 88.1 cm³/mol. The SMILES string of the molecule is CC(C)CCNS(=O)(=O)c1cc(CNC(C)C)ccc1Cl. The molecule has 0 fully saturated rings. The quantitative estimate of drug-likeness (QED) is 0.768. The van der Waals surface area contributed by atoms with Gasteiger partial charge in [-0.3, -0.25) is 0 Å². The number of sulfonamides is 1. The van der Waals surface area contributed by atoms with Gasteiger partial charge in [-0.25, -0.2) is 13.1 Å². The van der Waals surface area contributed by atoms with Crippen LogP contribution in [0.2, 0.25) is 5.02 Å². The summed E-state index contributed by atoms with van der Waals surface area (Å²) in [6.07, 6.45) is 0.797. The Balaban J connectivity index is 2.86. The minimum Gasteiger partial charge on any atom is -0.310 e. The second kappa shape index (κ2) is 8.13. The van der Waals surface area contributed by atoms with E-state index in [1.165, 1.54) is 0 Å². The minimum atomic E-state index is -3.56. The van der Waals surface area contributed by atoms with E-state index < -0.39 is 10.0 Å². The lowest BCUT2D eigenvalue weighted by Gasteiger charge is -2.12. The molecule has 0 bridgehead atoms. The molecule has 0 heterocycles. The topological polar surface area (TPSA) is 58.2 Å². The molecule has 0 aliphatic rings. The van der Waals surface area contributed by atoms with Gasteiger partial charge in [-0.1, -0.05) is 45.4 Å². The van der Waals surface area contributed by atoms with Gasteiger partial charge in [0.1, 0.15) is 4.90 Å². The van der Waals surface area contributed by atoms with Crippen LogP contribution in [-0.2, 0) is 16.6 Å². The monoisotopic (exact) mass is 332 g/mol. The smallest absolute Gasteiger partial charge is 0.242 e. The third-order valence-corrected chi connectivity index (χ3v) is 4.96. The largest absolute Gasteiger partial charge is 0.310 e. The molecule has 0 saturated heterocycles. The number of nitrogens with one attached hydrogen (secondary N) is 2. The molecular weight excluding hydrogens is 308 g/mol. The van der Waals surface area contributed by atoms with E-state index in [1.54, 1.807) is 12.1 Å². The van der Waals surface area contributed by atoms with E-state index in [0.717, 1.165) is 12.0 Å². The molecule has 1 rings (SSSR count). The van der Waals surface area contributed by atoms with Gasteiger partial charge >= 0.3 is 0 Å². The molecule has 0 saturated carbocycles. The zero-order valence-electron chi connectivity index (χ0n) is 13.1. The van der Waals surface area contributed by atoms with Crippen LogP contribution in [0, 0.1) is 5.92 Å². The van der Waals surface area contributed by atoms with Crippen molar-refractivity contribution in [3.8, 4) is 0 Å². The van der Waals surface area contributed by atoms with Crippen molar-refractivity contribution < 1.29 is 8.42 Å². The first-order chi connectivity index (χ1) is 9.72. The van der Waals surface area contributed by atoms with Crippen LogP contribution in [0.3, 0.4) is 0 Å². The Hall–Kier alpha value is -0.620. The van der Waals surface area contributed by atoms with Gasteiger partial charge in [0.05, 0.1) is 5.02 Å². The first-order valence-corrected chi connectivity index (χ1v) is 9.10. The highest BCUT2D eigenvalue weighted by atomic mass is 35.5. The zero-order chi connectivity index (χ0) is 16.0. The molecular formula is C15H25ClN2O2S. The lowest BCUT2D eigenvalue weighted by molar-refractivity contribution is 0.551. The fourth-order valence-electron chi connectivity index (χ4n) is 1.75. The summed E-state index contributed by atoms with van der Waals surface area (Å²) in [5.74, 6) is 0.449. The summed E-state index contributed by atoms with van der Waals surface area (Å²) in [4.78, 5) is 0.149. The van der Waals surface area contributed by atoms with Gasteiger partial charge in [0, 0.05) is 19.1 Å². The van der Waals surface area contributed by atoms with E-state index in [4.69, 9.17) is 11.6 Å².